The number of rotatable bonds is 8. The Kier molecular flexibility index (Phi) is 7.36. The number of primary sulfonamides is 1. The minimum absolute atomic E-state index is 0.0198. The van der Waals surface area contributed by atoms with Crippen molar-refractivity contribution in [2.45, 2.75) is 9.79 Å². The maximum Gasteiger partial charge on any atom is 0.265 e. The van der Waals surface area contributed by atoms with Crippen LogP contribution in [-0.2, 0) is 20.0 Å². The van der Waals surface area contributed by atoms with Crippen molar-refractivity contribution in [3.8, 4) is 11.5 Å². The Morgan fingerprint density at radius 2 is 1.56 bits per heavy atom. The van der Waals surface area contributed by atoms with Crippen LogP contribution in [0.5, 0.6) is 11.5 Å². The largest absolute Gasteiger partial charge is 0.496 e. The predicted octanol–water partition coefficient (Wildman–Crippen LogP) is 3.06. The quantitative estimate of drug-likeness (QED) is 0.408. The molecule has 0 saturated carbocycles. The van der Waals surface area contributed by atoms with Crippen LogP contribution >= 0.6 is 11.6 Å². The van der Waals surface area contributed by atoms with Crippen LogP contribution in [0.1, 0.15) is 10.4 Å². The fourth-order valence-electron chi connectivity index (χ4n) is 2.95. The van der Waals surface area contributed by atoms with Crippen molar-refractivity contribution in [3.63, 3.8) is 0 Å². The first-order chi connectivity index (χ1) is 16.0. The van der Waals surface area contributed by atoms with Crippen LogP contribution in [0.3, 0.4) is 0 Å². The van der Waals surface area contributed by atoms with Gasteiger partial charge in [-0.1, -0.05) is 23.7 Å². The van der Waals surface area contributed by atoms with Gasteiger partial charge >= 0.3 is 0 Å². The van der Waals surface area contributed by atoms with Gasteiger partial charge in [0.1, 0.15) is 16.4 Å². The number of methoxy groups -OCH3 is 2. The molecule has 3 aromatic carbocycles. The highest BCUT2D eigenvalue weighted by Crippen LogP contribution is 2.31. The van der Waals surface area contributed by atoms with Crippen LogP contribution in [0.25, 0.3) is 0 Å². The fourth-order valence-corrected chi connectivity index (χ4v) is 5.00. The summed E-state index contributed by atoms with van der Waals surface area (Å²) in [5.74, 6) is -0.645. The Hall–Kier alpha value is -3.32. The average molecular weight is 526 g/mol. The third-order valence-electron chi connectivity index (χ3n) is 4.57. The molecule has 34 heavy (non-hydrogen) atoms. The average Bonchev–Trinajstić information content (AvgIpc) is 2.79. The summed E-state index contributed by atoms with van der Waals surface area (Å²) in [6, 6.07) is 13.8. The lowest BCUT2D eigenvalue weighted by atomic mass is 10.2. The zero-order valence-corrected chi connectivity index (χ0v) is 20.3. The second kappa shape index (κ2) is 9.89. The molecule has 0 aliphatic carbocycles. The van der Waals surface area contributed by atoms with Crippen LogP contribution in [0.15, 0.2) is 70.5 Å². The Morgan fingerprint density at radius 1 is 0.912 bits per heavy atom. The van der Waals surface area contributed by atoms with E-state index >= 15 is 0 Å². The number of amides is 1. The molecule has 3 rings (SSSR count). The molecule has 10 nitrogen and oxygen atoms in total. The molecule has 0 aliphatic rings. The van der Waals surface area contributed by atoms with Gasteiger partial charge in [0, 0.05) is 5.69 Å². The molecule has 1 amide bonds. The number of para-hydroxylation sites is 1. The first kappa shape index (κ1) is 25.3. The van der Waals surface area contributed by atoms with Crippen LogP contribution < -0.4 is 24.7 Å². The summed E-state index contributed by atoms with van der Waals surface area (Å²) < 4.78 is 62.1. The molecule has 0 heterocycles. The summed E-state index contributed by atoms with van der Waals surface area (Å²) in [6.45, 7) is 0. The van der Waals surface area contributed by atoms with E-state index in [1.807, 2.05) is 0 Å². The maximum atomic E-state index is 13.0. The van der Waals surface area contributed by atoms with E-state index in [4.69, 9.17) is 26.2 Å². The van der Waals surface area contributed by atoms with Gasteiger partial charge in [-0.2, -0.15) is 0 Å². The van der Waals surface area contributed by atoms with Gasteiger partial charge in [0.15, 0.2) is 0 Å². The summed E-state index contributed by atoms with van der Waals surface area (Å²) in [4.78, 5) is 12.3. The van der Waals surface area contributed by atoms with Gasteiger partial charge in [-0.05, 0) is 48.5 Å². The van der Waals surface area contributed by atoms with Gasteiger partial charge in [0.05, 0.1) is 35.4 Å². The zero-order valence-electron chi connectivity index (χ0n) is 17.9. The number of sulfonamides is 2. The van der Waals surface area contributed by atoms with Crippen molar-refractivity contribution < 1.29 is 31.1 Å². The summed E-state index contributed by atoms with van der Waals surface area (Å²) in [5.41, 5.74) is 0.127. The number of ether oxygens (including phenoxy) is 2. The highest BCUT2D eigenvalue weighted by molar-refractivity contribution is 7.92. The first-order valence-corrected chi connectivity index (χ1v) is 12.8. The second-order valence-corrected chi connectivity index (χ2v) is 10.4. The topological polar surface area (TPSA) is 154 Å². The lowest BCUT2D eigenvalue weighted by Crippen LogP contribution is -2.18. The van der Waals surface area contributed by atoms with Crippen molar-refractivity contribution in [1.82, 2.24) is 0 Å². The van der Waals surface area contributed by atoms with E-state index in [0.717, 1.165) is 6.07 Å². The molecule has 0 unspecified atom stereocenters. The number of benzene rings is 3. The van der Waals surface area contributed by atoms with Gasteiger partial charge in [-0.15, -0.1) is 0 Å². The van der Waals surface area contributed by atoms with Crippen LogP contribution in [0, 0.1) is 0 Å². The molecule has 180 valence electrons. The highest BCUT2D eigenvalue weighted by Gasteiger charge is 2.23. The van der Waals surface area contributed by atoms with E-state index in [0.29, 0.717) is 0 Å². The second-order valence-electron chi connectivity index (χ2n) is 6.81. The van der Waals surface area contributed by atoms with E-state index in [1.54, 1.807) is 12.1 Å². The van der Waals surface area contributed by atoms with Gasteiger partial charge in [-0.3, -0.25) is 9.52 Å². The summed E-state index contributed by atoms with van der Waals surface area (Å²) in [5, 5.41) is 7.86. The van der Waals surface area contributed by atoms with Gasteiger partial charge < -0.3 is 14.8 Å². The minimum atomic E-state index is -4.17. The van der Waals surface area contributed by atoms with Gasteiger partial charge in [-0.25, -0.2) is 22.0 Å². The van der Waals surface area contributed by atoms with Crippen molar-refractivity contribution in [2.24, 2.45) is 5.14 Å². The van der Waals surface area contributed by atoms with Crippen molar-refractivity contribution in [1.29, 1.82) is 0 Å². The Morgan fingerprint density at radius 3 is 2.18 bits per heavy atom. The molecule has 0 spiro atoms. The van der Waals surface area contributed by atoms with E-state index in [-0.39, 0.29) is 43.3 Å². The standard InChI is InChI=1S/C21H20ClN3O7S2/c1-31-18-10-8-14(33(23,27)28)12-15(18)21(26)24-13-7-9-19(32-2)20(11-13)34(29,30)25-17-6-4-3-5-16(17)22/h3-12,25H,1-2H3,(H,24,26)(H2,23,27,28). The van der Waals surface area contributed by atoms with Gasteiger partial charge in [0.2, 0.25) is 10.0 Å². The molecule has 0 atom stereocenters. The number of hydrogen-bond acceptors (Lipinski definition) is 7. The maximum absolute atomic E-state index is 13.0. The molecule has 3 aromatic rings. The minimum Gasteiger partial charge on any atom is -0.496 e. The molecular weight excluding hydrogens is 506 g/mol. The molecule has 0 bridgehead atoms. The van der Waals surface area contributed by atoms with Crippen LogP contribution in [0.2, 0.25) is 5.02 Å². The first-order valence-electron chi connectivity index (χ1n) is 9.44. The number of hydrogen-bond donors (Lipinski definition) is 3. The molecule has 0 aromatic heterocycles. The molecule has 0 fully saturated rings. The number of carbonyl (C=O) groups excluding carboxylic acids is 1. The van der Waals surface area contributed by atoms with Crippen molar-refractivity contribution in [3.05, 3.63) is 71.2 Å². The van der Waals surface area contributed by atoms with Crippen molar-refractivity contribution in [2.75, 3.05) is 24.3 Å². The van der Waals surface area contributed by atoms with Gasteiger partial charge in [0.25, 0.3) is 15.9 Å². The predicted molar refractivity (Wildman–Crippen MR) is 128 cm³/mol. The summed E-state index contributed by atoms with van der Waals surface area (Å²) in [7, 11) is -5.64. The van der Waals surface area contributed by atoms with Crippen LogP contribution in [0.4, 0.5) is 11.4 Å². The number of anilines is 2. The van der Waals surface area contributed by atoms with E-state index in [2.05, 4.69) is 10.0 Å². The van der Waals surface area contributed by atoms with Crippen molar-refractivity contribution >= 4 is 48.9 Å². The van der Waals surface area contributed by atoms with Crippen LogP contribution in [-0.4, -0.2) is 37.0 Å². The molecular formula is C21H20ClN3O7S2. The lowest BCUT2D eigenvalue weighted by Gasteiger charge is -2.15. The number of halogens is 1. The molecule has 0 radical (unpaired) electrons. The highest BCUT2D eigenvalue weighted by atomic mass is 35.5. The third kappa shape index (κ3) is 5.59. The Bertz CT molecular complexity index is 1460. The number of nitrogens with two attached hydrogens (primary N) is 1. The number of carbonyl (C=O) groups is 1. The SMILES string of the molecule is COc1ccc(S(N)(=O)=O)cc1C(=O)Nc1ccc(OC)c(S(=O)(=O)Nc2ccccc2Cl)c1. The zero-order chi connectivity index (χ0) is 25.1. The molecule has 0 saturated heterocycles. The summed E-state index contributed by atoms with van der Waals surface area (Å²) >= 11 is 6.05. The smallest absolute Gasteiger partial charge is 0.265 e. The molecule has 13 heteroatoms. The third-order valence-corrected chi connectivity index (χ3v) is 7.20. The summed E-state index contributed by atoms with van der Waals surface area (Å²) in [6.07, 6.45) is 0. The molecule has 0 aliphatic heterocycles. The fraction of sp³-hybridized carbons (Fsp3) is 0.0952. The van der Waals surface area contributed by atoms with E-state index < -0.39 is 26.0 Å². The molecule has 4 N–H and O–H groups in total. The Balaban J connectivity index is 1.98. The lowest BCUT2D eigenvalue weighted by molar-refractivity contribution is 0.102. The van der Waals surface area contributed by atoms with E-state index in [1.165, 1.54) is 56.7 Å². The normalized spacial score (nSPS) is 11.5. The van der Waals surface area contributed by atoms with E-state index in [9.17, 15) is 21.6 Å². The Labute approximate surface area is 201 Å². The monoisotopic (exact) mass is 525 g/mol. The number of nitrogens with one attached hydrogen (secondary N) is 2.